The van der Waals surface area contributed by atoms with Crippen molar-refractivity contribution in [2.75, 3.05) is 0 Å². The van der Waals surface area contributed by atoms with E-state index in [1.807, 2.05) is 0 Å². The Kier molecular flexibility index (Phi) is 6.01. The Morgan fingerprint density at radius 2 is 1.13 bits per heavy atom. The van der Waals surface area contributed by atoms with Crippen molar-refractivity contribution in [1.29, 1.82) is 0 Å². The second-order valence-corrected chi connectivity index (χ2v) is 14.6. The lowest BCUT2D eigenvalue weighted by Gasteiger charge is -2.22. The quantitative estimate of drug-likeness (QED) is 0.188. The van der Waals surface area contributed by atoms with Crippen LogP contribution < -0.4 is 0 Å². The lowest BCUT2D eigenvalue weighted by Crippen LogP contribution is -2.14. The van der Waals surface area contributed by atoms with Gasteiger partial charge in [-0.25, -0.2) is 9.97 Å². The fourth-order valence-electron chi connectivity index (χ4n) is 8.93. The van der Waals surface area contributed by atoms with Gasteiger partial charge in [-0.3, -0.25) is 4.57 Å². The Morgan fingerprint density at radius 1 is 0.442 bits per heavy atom. The highest BCUT2D eigenvalue weighted by Gasteiger charge is 2.35. The van der Waals surface area contributed by atoms with E-state index in [1.165, 1.54) is 65.7 Å². The first-order valence-corrected chi connectivity index (χ1v) is 18.0. The summed E-state index contributed by atoms with van der Waals surface area (Å²) in [6.45, 7) is 4.72. The molecule has 3 heteroatoms. The maximum absolute atomic E-state index is 5.50. The van der Waals surface area contributed by atoms with E-state index in [-0.39, 0.29) is 5.41 Å². The maximum atomic E-state index is 5.50. The summed E-state index contributed by atoms with van der Waals surface area (Å²) >= 11 is 0. The predicted molar refractivity (Wildman–Crippen MR) is 217 cm³/mol. The van der Waals surface area contributed by atoms with Crippen LogP contribution >= 0.6 is 0 Å². The first kappa shape index (κ1) is 29.2. The third-order valence-electron chi connectivity index (χ3n) is 11.4. The number of aromatic nitrogens is 3. The van der Waals surface area contributed by atoms with Crippen LogP contribution in [0.25, 0.3) is 93.7 Å². The third kappa shape index (κ3) is 4.02. The van der Waals surface area contributed by atoms with Crippen LogP contribution in [0.15, 0.2) is 164 Å². The zero-order valence-corrected chi connectivity index (χ0v) is 28.9. The molecule has 3 nitrogen and oxygen atoms in total. The molecule has 1 aliphatic carbocycles. The van der Waals surface area contributed by atoms with Gasteiger partial charge < -0.3 is 0 Å². The minimum Gasteiger partial charge on any atom is -0.277 e. The Morgan fingerprint density at radius 3 is 2.00 bits per heavy atom. The van der Waals surface area contributed by atoms with E-state index < -0.39 is 0 Å². The maximum Gasteiger partial charge on any atom is 0.235 e. The highest BCUT2D eigenvalue weighted by Crippen LogP contribution is 2.51. The van der Waals surface area contributed by atoms with Crippen molar-refractivity contribution in [3.63, 3.8) is 0 Å². The van der Waals surface area contributed by atoms with Gasteiger partial charge in [-0.1, -0.05) is 159 Å². The Hall–Kier alpha value is -6.58. The largest absolute Gasteiger partial charge is 0.277 e. The molecule has 0 unspecified atom stereocenters. The van der Waals surface area contributed by atoms with E-state index in [0.29, 0.717) is 5.95 Å². The van der Waals surface area contributed by atoms with Crippen molar-refractivity contribution >= 4 is 54.3 Å². The van der Waals surface area contributed by atoms with Gasteiger partial charge in [-0.05, 0) is 62.2 Å². The predicted octanol–water partition coefficient (Wildman–Crippen LogP) is 12.7. The molecule has 0 N–H and O–H groups in total. The third-order valence-corrected chi connectivity index (χ3v) is 11.4. The molecule has 0 bridgehead atoms. The zero-order chi connectivity index (χ0) is 34.6. The van der Waals surface area contributed by atoms with Crippen LogP contribution in [0, 0.1) is 0 Å². The first-order valence-electron chi connectivity index (χ1n) is 18.0. The molecule has 244 valence electrons. The fraction of sp³-hybridized carbons (Fsp3) is 0.0612. The first-order chi connectivity index (χ1) is 25.6. The van der Waals surface area contributed by atoms with Crippen molar-refractivity contribution in [1.82, 2.24) is 14.5 Å². The van der Waals surface area contributed by atoms with Crippen LogP contribution in [-0.2, 0) is 5.41 Å². The van der Waals surface area contributed by atoms with E-state index >= 15 is 0 Å². The van der Waals surface area contributed by atoms with Crippen molar-refractivity contribution in [3.05, 3.63) is 175 Å². The van der Waals surface area contributed by atoms with E-state index in [1.54, 1.807) is 0 Å². The molecular formula is C49H33N3. The molecule has 8 aromatic carbocycles. The molecule has 0 fully saturated rings. The molecular weight excluding hydrogens is 631 g/mol. The van der Waals surface area contributed by atoms with E-state index in [9.17, 15) is 0 Å². The molecule has 0 amide bonds. The Bertz CT molecular complexity index is 3100. The van der Waals surface area contributed by atoms with Crippen LogP contribution in [0.1, 0.15) is 25.0 Å². The molecule has 0 spiro atoms. The van der Waals surface area contributed by atoms with Crippen molar-refractivity contribution in [2.45, 2.75) is 19.3 Å². The van der Waals surface area contributed by atoms with Gasteiger partial charge in [0.1, 0.15) is 0 Å². The van der Waals surface area contributed by atoms with Crippen molar-refractivity contribution in [2.24, 2.45) is 0 Å². The lowest BCUT2D eigenvalue weighted by molar-refractivity contribution is 0.660. The second kappa shape index (κ2) is 10.7. The summed E-state index contributed by atoms with van der Waals surface area (Å²) in [5, 5.41) is 8.20. The average molecular weight is 664 g/mol. The van der Waals surface area contributed by atoms with Crippen LogP contribution in [-0.4, -0.2) is 14.5 Å². The van der Waals surface area contributed by atoms with Gasteiger partial charge >= 0.3 is 0 Å². The number of hydrogen-bond donors (Lipinski definition) is 0. The summed E-state index contributed by atoms with van der Waals surface area (Å²) in [5.74, 6) is 0.666. The number of benzene rings is 8. The number of rotatable bonds is 3. The number of para-hydroxylation sites is 1. The SMILES string of the molecule is CC1(C)c2ccccc2-c2ccc(-c3c4ccccc4cc4c5ccc6ccccc6c5n(-c5nc(-c6ccccc6)c6ccccc6n5)c34)cc21. The lowest BCUT2D eigenvalue weighted by atomic mass is 9.81. The van der Waals surface area contributed by atoms with Gasteiger partial charge in [-0.2, -0.15) is 0 Å². The summed E-state index contributed by atoms with van der Waals surface area (Å²) in [5.41, 5.74) is 12.8. The molecule has 0 atom stereocenters. The summed E-state index contributed by atoms with van der Waals surface area (Å²) < 4.78 is 2.36. The highest BCUT2D eigenvalue weighted by molar-refractivity contribution is 6.25. The Balaban J connectivity index is 1.33. The molecule has 0 saturated heterocycles. The van der Waals surface area contributed by atoms with Gasteiger partial charge in [0, 0.05) is 38.1 Å². The van der Waals surface area contributed by atoms with Gasteiger partial charge in [0.25, 0.3) is 0 Å². The summed E-state index contributed by atoms with van der Waals surface area (Å²) in [6.07, 6.45) is 0. The van der Waals surface area contributed by atoms with Crippen LogP contribution in [0.5, 0.6) is 0 Å². The van der Waals surface area contributed by atoms with Gasteiger partial charge in [-0.15, -0.1) is 0 Å². The molecule has 0 saturated carbocycles. The van der Waals surface area contributed by atoms with E-state index in [2.05, 4.69) is 182 Å². The van der Waals surface area contributed by atoms with Gasteiger partial charge in [0.2, 0.25) is 5.95 Å². The van der Waals surface area contributed by atoms with Gasteiger partial charge in [0.15, 0.2) is 0 Å². The zero-order valence-electron chi connectivity index (χ0n) is 28.9. The minimum absolute atomic E-state index is 0.124. The number of hydrogen-bond acceptors (Lipinski definition) is 2. The molecule has 11 rings (SSSR count). The molecule has 0 aliphatic heterocycles. The second-order valence-electron chi connectivity index (χ2n) is 14.6. The molecule has 52 heavy (non-hydrogen) atoms. The number of nitrogens with zero attached hydrogens (tertiary/aromatic N) is 3. The minimum atomic E-state index is -0.124. The summed E-state index contributed by atoms with van der Waals surface area (Å²) in [7, 11) is 0. The topological polar surface area (TPSA) is 30.7 Å². The highest BCUT2D eigenvalue weighted by atomic mass is 15.2. The smallest absolute Gasteiger partial charge is 0.235 e. The van der Waals surface area contributed by atoms with Crippen LogP contribution in [0.4, 0.5) is 0 Å². The molecule has 1 aliphatic rings. The van der Waals surface area contributed by atoms with E-state index in [4.69, 9.17) is 9.97 Å². The summed E-state index contributed by atoms with van der Waals surface area (Å²) in [4.78, 5) is 10.9. The van der Waals surface area contributed by atoms with Crippen LogP contribution in [0.2, 0.25) is 0 Å². The van der Waals surface area contributed by atoms with Gasteiger partial charge in [0.05, 0.1) is 22.2 Å². The average Bonchev–Trinajstić information content (AvgIpc) is 3.65. The molecule has 10 aromatic rings. The van der Waals surface area contributed by atoms with Crippen molar-refractivity contribution in [3.8, 4) is 39.5 Å². The standard InChI is InChI=1S/C49H33N3/c1-49(2)41-22-12-10-20-36(41)37-26-25-33(29-42(37)49)44-34-18-8-7-17-32(34)28-40-38-27-24-30-14-6-9-19-35(30)46(38)52(47(40)44)48-50-43-23-13-11-21-39(43)45(51-48)31-15-4-3-5-16-31/h3-29H,1-2H3. The number of fused-ring (bicyclic) bond motifs is 10. The van der Waals surface area contributed by atoms with Crippen molar-refractivity contribution < 1.29 is 0 Å². The molecule has 2 aromatic heterocycles. The van der Waals surface area contributed by atoms with Crippen LogP contribution in [0.3, 0.4) is 0 Å². The monoisotopic (exact) mass is 663 g/mol. The molecule has 2 heterocycles. The fourth-order valence-corrected chi connectivity index (χ4v) is 8.93. The normalized spacial score (nSPS) is 13.3. The van der Waals surface area contributed by atoms with E-state index in [0.717, 1.165) is 33.2 Å². The summed E-state index contributed by atoms with van der Waals surface area (Å²) in [6, 6.07) is 59.3. The Labute approximate surface area is 301 Å². The molecule has 0 radical (unpaired) electrons.